The Balaban J connectivity index is 2.15. The largest absolute Gasteiger partial charge is 0.486 e. The minimum atomic E-state index is 0.183. The molecular formula is C13H16BrNO2. The molecule has 1 heterocycles. The fourth-order valence-corrected chi connectivity index (χ4v) is 3.11. The Morgan fingerprint density at radius 1 is 1.29 bits per heavy atom. The van der Waals surface area contributed by atoms with Crippen molar-refractivity contribution in [2.24, 2.45) is 5.73 Å². The van der Waals surface area contributed by atoms with E-state index < -0.39 is 0 Å². The number of hydrogen-bond donors (Lipinski definition) is 1. The van der Waals surface area contributed by atoms with Crippen LogP contribution in [0.1, 0.15) is 24.0 Å². The highest BCUT2D eigenvalue weighted by Gasteiger charge is 2.45. The molecule has 3 nitrogen and oxygen atoms in total. The van der Waals surface area contributed by atoms with Crippen molar-refractivity contribution >= 4 is 15.9 Å². The summed E-state index contributed by atoms with van der Waals surface area (Å²) < 4.78 is 12.4. The molecule has 0 spiro atoms. The summed E-state index contributed by atoms with van der Waals surface area (Å²) in [5.74, 6) is 1.73. The van der Waals surface area contributed by atoms with Crippen LogP contribution in [0, 0.1) is 6.92 Å². The second kappa shape index (κ2) is 3.89. The fourth-order valence-electron chi connectivity index (χ4n) is 2.58. The lowest BCUT2D eigenvalue weighted by molar-refractivity contribution is 0.169. The third kappa shape index (κ3) is 1.66. The van der Waals surface area contributed by atoms with Crippen molar-refractivity contribution in [2.45, 2.75) is 25.2 Å². The minimum absolute atomic E-state index is 0.183. The van der Waals surface area contributed by atoms with Crippen LogP contribution in [0.15, 0.2) is 10.5 Å². The van der Waals surface area contributed by atoms with E-state index in [1.807, 2.05) is 0 Å². The maximum Gasteiger partial charge on any atom is 0.175 e. The average Bonchev–Trinajstić information content (AvgIpc) is 3.15. The molecule has 0 radical (unpaired) electrons. The monoisotopic (exact) mass is 297 g/mol. The Hall–Kier alpha value is -0.740. The Morgan fingerprint density at radius 2 is 1.94 bits per heavy atom. The zero-order valence-corrected chi connectivity index (χ0v) is 11.5. The third-order valence-corrected chi connectivity index (χ3v) is 4.42. The smallest absolute Gasteiger partial charge is 0.175 e. The Kier molecular flexibility index (Phi) is 2.60. The first-order chi connectivity index (χ1) is 8.18. The molecule has 0 amide bonds. The summed E-state index contributed by atoms with van der Waals surface area (Å²) in [4.78, 5) is 0. The molecule has 17 heavy (non-hydrogen) atoms. The molecule has 2 N–H and O–H groups in total. The highest BCUT2D eigenvalue weighted by atomic mass is 79.9. The summed E-state index contributed by atoms with van der Waals surface area (Å²) >= 11 is 3.57. The van der Waals surface area contributed by atoms with E-state index in [4.69, 9.17) is 15.2 Å². The Bertz CT molecular complexity index is 469. The molecule has 92 valence electrons. The van der Waals surface area contributed by atoms with Crippen LogP contribution < -0.4 is 15.2 Å². The molecule has 1 saturated carbocycles. The van der Waals surface area contributed by atoms with E-state index in [9.17, 15) is 0 Å². The molecule has 1 aliphatic carbocycles. The zero-order valence-electron chi connectivity index (χ0n) is 9.88. The lowest BCUT2D eigenvalue weighted by atomic mass is 9.91. The molecule has 4 heteroatoms. The van der Waals surface area contributed by atoms with Gasteiger partial charge in [0, 0.05) is 12.0 Å². The molecule has 2 aliphatic rings. The predicted molar refractivity (Wildman–Crippen MR) is 69.8 cm³/mol. The first-order valence-corrected chi connectivity index (χ1v) is 6.76. The van der Waals surface area contributed by atoms with Crippen molar-refractivity contribution in [2.75, 3.05) is 19.8 Å². The van der Waals surface area contributed by atoms with Gasteiger partial charge < -0.3 is 15.2 Å². The highest BCUT2D eigenvalue weighted by Crippen LogP contribution is 2.53. The second-order valence-corrected chi connectivity index (χ2v) is 5.72. The highest BCUT2D eigenvalue weighted by molar-refractivity contribution is 9.10. The SMILES string of the molecule is Cc1c(C2(CN)CC2)cc(Br)c2c1OCCO2. The number of hydrogen-bond acceptors (Lipinski definition) is 3. The van der Waals surface area contributed by atoms with Gasteiger partial charge >= 0.3 is 0 Å². The lowest BCUT2D eigenvalue weighted by Gasteiger charge is -2.25. The van der Waals surface area contributed by atoms with Crippen molar-refractivity contribution in [1.82, 2.24) is 0 Å². The molecule has 1 aromatic carbocycles. The van der Waals surface area contributed by atoms with Crippen LogP contribution in [-0.4, -0.2) is 19.8 Å². The van der Waals surface area contributed by atoms with Crippen molar-refractivity contribution in [1.29, 1.82) is 0 Å². The Morgan fingerprint density at radius 3 is 2.53 bits per heavy atom. The van der Waals surface area contributed by atoms with E-state index in [-0.39, 0.29) is 5.41 Å². The van der Waals surface area contributed by atoms with Gasteiger partial charge in [-0.05, 0) is 52.9 Å². The topological polar surface area (TPSA) is 44.5 Å². The van der Waals surface area contributed by atoms with Gasteiger partial charge in [-0.25, -0.2) is 0 Å². The van der Waals surface area contributed by atoms with Crippen LogP contribution in [0.5, 0.6) is 11.5 Å². The molecule has 0 unspecified atom stereocenters. The van der Waals surface area contributed by atoms with E-state index in [2.05, 4.69) is 28.9 Å². The van der Waals surface area contributed by atoms with Crippen molar-refractivity contribution < 1.29 is 9.47 Å². The van der Waals surface area contributed by atoms with Crippen LogP contribution in [0.2, 0.25) is 0 Å². The first-order valence-electron chi connectivity index (χ1n) is 5.97. The number of halogens is 1. The second-order valence-electron chi connectivity index (χ2n) is 4.87. The average molecular weight is 298 g/mol. The minimum Gasteiger partial charge on any atom is -0.486 e. The van der Waals surface area contributed by atoms with E-state index in [0.717, 1.165) is 16.0 Å². The number of ether oxygens (including phenoxy) is 2. The molecule has 1 aliphatic heterocycles. The van der Waals surface area contributed by atoms with Gasteiger partial charge in [0.1, 0.15) is 13.2 Å². The standard InChI is InChI=1S/C13H16BrNO2/c1-8-9(13(7-15)2-3-13)6-10(14)12-11(8)16-4-5-17-12/h6H,2-5,7,15H2,1H3. The van der Waals surface area contributed by atoms with Gasteiger partial charge in [-0.15, -0.1) is 0 Å². The van der Waals surface area contributed by atoms with Gasteiger partial charge in [0.2, 0.25) is 0 Å². The number of fused-ring (bicyclic) bond motifs is 1. The van der Waals surface area contributed by atoms with Crippen molar-refractivity contribution in [3.63, 3.8) is 0 Å². The maximum absolute atomic E-state index is 5.91. The number of benzene rings is 1. The summed E-state index contributed by atoms with van der Waals surface area (Å²) in [7, 11) is 0. The van der Waals surface area contributed by atoms with Crippen molar-refractivity contribution in [3.8, 4) is 11.5 Å². The maximum atomic E-state index is 5.91. The molecule has 0 aromatic heterocycles. The summed E-state index contributed by atoms with van der Waals surface area (Å²) in [6, 6.07) is 2.16. The van der Waals surface area contributed by atoms with Crippen LogP contribution in [0.25, 0.3) is 0 Å². The molecule has 0 bridgehead atoms. The summed E-state index contributed by atoms with van der Waals surface area (Å²) in [5, 5.41) is 0. The molecule has 3 rings (SSSR count). The molecular weight excluding hydrogens is 282 g/mol. The summed E-state index contributed by atoms with van der Waals surface area (Å²) in [5.41, 5.74) is 8.59. The van der Waals surface area contributed by atoms with E-state index >= 15 is 0 Å². The van der Waals surface area contributed by atoms with Crippen molar-refractivity contribution in [3.05, 3.63) is 21.7 Å². The fraction of sp³-hybridized carbons (Fsp3) is 0.538. The quantitative estimate of drug-likeness (QED) is 0.912. The summed E-state index contributed by atoms with van der Waals surface area (Å²) in [6.07, 6.45) is 2.35. The van der Waals surface area contributed by atoms with Gasteiger partial charge in [0.15, 0.2) is 11.5 Å². The zero-order chi connectivity index (χ0) is 12.0. The van der Waals surface area contributed by atoms with Gasteiger partial charge in [0.05, 0.1) is 4.47 Å². The van der Waals surface area contributed by atoms with E-state index in [1.165, 1.54) is 24.0 Å². The lowest BCUT2D eigenvalue weighted by Crippen LogP contribution is -2.23. The molecule has 0 saturated heterocycles. The molecule has 0 atom stereocenters. The third-order valence-electron chi connectivity index (χ3n) is 3.83. The number of rotatable bonds is 2. The van der Waals surface area contributed by atoms with Gasteiger partial charge in [0.25, 0.3) is 0 Å². The predicted octanol–water partition coefficient (Wildman–Crippen LogP) is 2.52. The molecule has 1 fully saturated rings. The van der Waals surface area contributed by atoms with E-state index in [1.54, 1.807) is 0 Å². The van der Waals surface area contributed by atoms with Crippen LogP contribution in [0.4, 0.5) is 0 Å². The normalized spacial score (nSPS) is 20.2. The number of nitrogens with two attached hydrogens (primary N) is 1. The van der Waals surface area contributed by atoms with Gasteiger partial charge in [-0.2, -0.15) is 0 Å². The van der Waals surface area contributed by atoms with Crippen LogP contribution in [-0.2, 0) is 5.41 Å². The van der Waals surface area contributed by atoms with Crippen LogP contribution in [0.3, 0.4) is 0 Å². The van der Waals surface area contributed by atoms with E-state index in [0.29, 0.717) is 19.8 Å². The van der Waals surface area contributed by atoms with Gasteiger partial charge in [-0.1, -0.05) is 0 Å². The Labute approximate surface area is 109 Å². The molecule has 1 aromatic rings. The van der Waals surface area contributed by atoms with Crippen LogP contribution >= 0.6 is 15.9 Å². The first kappa shape index (κ1) is 11.4. The summed E-state index contributed by atoms with van der Waals surface area (Å²) in [6.45, 7) is 4.05. The van der Waals surface area contributed by atoms with Gasteiger partial charge in [-0.3, -0.25) is 0 Å².